The normalized spacial score (nSPS) is 12.3. The molecule has 1 aromatic heterocycles. The van der Waals surface area contributed by atoms with E-state index in [1.807, 2.05) is 36.4 Å². The molecule has 3 heteroatoms. The number of pyridine rings is 1. The van der Waals surface area contributed by atoms with Crippen molar-refractivity contribution in [1.82, 2.24) is 4.98 Å². The number of nitrogens with zero attached hydrogens (tertiary/aromatic N) is 2. The second-order valence-electron chi connectivity index (χ2n) is 3.04. The Kier molecular flexibility index (Phi) is 2.13. The van der Waals surface area contributed by atoms with Gasteiger partial charge < -0.3 is 5.73 Å². The van der Waals surface area contributed by atoms with Gasteiger partial charge in [0.05, 0.1) is 17.3 Å². The third-order valence-electron chi connectivity index (χ3n) is 2.08. The van der Waals surface area contributed by atoms with Crippen molar-refractivity contribution in [3.05, 3.63) is 42.1 Å². The maximum absolute atomic E-state index is 8.65. The predicted octanol–water partition coefficient (Wildman–Crippen LogP) is 1.76. The monoisotopic (exact) mass is 183 g/mol. The first kappa shape index (κ1) is 8.67. The Morgan fingerprint density at radius 1 is 1.21 bits per heavy atom. The number of rotatable bonds is 1. The number of nitrogens with two attached hydrogens (primary N) is 1. The number of hydrogen-bond acceptors (Lipinski definition) is 3. The smallest absolute Gasteiger partial charge is 0.136 e. The molecular weight excluding hydrogens is 174 g/mol. The topological polar surface area (TPSA) is 62.7 Å². The molecule has 0 saturated heterocycles. The van der Waals surface area contributed by atoms with Crippen LogP contribution < -0.4 is 5.73 Å². The number of benzene rings is 1. The third-order valence-corrected chi connectivity index (χ3v) is 2.08. The van der Waals surface area contributed by atoms with Gasteiger partial charge >= 0.3 is 0 Å². The van der Waals surface area contributed by atoms with Crippen LogP contribution in [0.3, 0.4) is 0 Å². The summed E-state index contributed by atoms with van der Waals surface area (Å²) in [6, 6.07) is 12.8. The molecule has 0 saturated carbocycles. The number of nitriles is 1. The Balaban J connectivity index is 2.58. The molecule has 0 radical (unpaired) electrons. The molecule has 0 unspecified atom stereocenters. The van der Waals surface area contributed by atoms with Crippen molar-refractivity contribution in [1.29, 1.82) is 5.26 Å². The van der Waals surface area contributed by atoms with E-state index in [0.717, 1.165) is 10.9 Å². The standard InChI is InChI=1S/C11H9N3/c12-7-9(13)11-6-5-8-3-1-2-4-10(8)14-11/h1-6,9H,13H2/t9-/m0/s1. The molecule has 68 valence electrons. The Morgan fingerprint density at radius 3 is 2.79 bits per heavy atom. The van der Waals surface area contributed by atoms with Gasteiger partial charge in [-0.25, -0.2) is 0 Å². The highest BCUT2D eigenvalue weighted by atomic mass is 14.8. The number of fused-ring (bicyclic) bond motifs is 1. The quantitative estimate of drug-likeness (QED) is 0.732. The van der Waals surface area contributed by atoms with Crippen LogP contribution in [0.2, 0.25) is 0 Å². The predicted molar refractivity (Wildman–Crippen MR) is 54.3 cm³/mol. The molecule has 0 bridgehead atoms. The summed E-state index contributed by atoms with van der Waals surface area (Å²) >= 11 is 0. The number of aromatic nitrogens is 1. The van der Waals surface area contributed by atoms with Crippen molar-refractivity contribution in [3.63, 3.8) is 0 Å². The SMILES string of the molecule is N#C[C@H](N)c1ccc2ccccc2n1. The Morgan fingerprint density at radius 2 is 2.00 bits per heavy atom. The molecule has 0 aliphatic rings. The van der Waals surface area contributed by atoms with Gasteiger partial charge in [-0.3, -0.25) is 4.98 Å². The minimum atomic E-state index is -0.639. The zero-order valence-corrected chi connectivity index (χ0v) is 7.51. The van der Waals surface area contributed by atoms with Crippen molar-refractivity contribution >= 4 is 10.9 Å². The Hall–Kier alpha value is -1.92. The fraction of sp³-hybridized carbons (Fsp3) is 0.0909. The van der Waals surface area contributed by atoms with Crippen molar-refractivity contribution in [2.24, 2.45) is 5.73 Å². The van der Waals surface area contributed by atoms with Crippen LogP contribution in [0.15, 0.2) is 36.4 Å². The average molecular weight is 183 g/mol. The first-order valence-corrected chi connectivity index (χ1v) is 4.32. The molecule has 2 rings (SSSR count). The van der Waals surface area contributed by atoms with Gasteiger partial charge in [-0.1, -0.05) is 24.3 Å². The molecular formula is C11H9N3. The highest BCUT2D eigenvalue weighted by Gasteiger charge is 2.05. The summed E-state index contributed by atoms with van der Waals surface area (Å²) in [5.41, 5.74) is 7.05. The zero-order chi connectivity index (χ0) is 9.97. The zero-order valence-electron chi connectivity index (χ0n) is 7.51. The largest absolute Gasteiger partial charge is 0.311 e. The average Bonchev–Trinajstić information content (AvgIpc) is 2.27. The van der Waals surface area contributed by atoms with Crippen LogP contribution in [0, 0.1) is 11.3 Å². The van der Waals surface area contributed by atoms with Gasteiger partial charge in [-0.2, -0.15) is 5.26 Å². The van der Waals surface area contributed by atoms with E-state index in [2.05, 4.69) is 4.98 Å². The minimum Gasteiger partial charge on any atom is -0.311 e. The lowest BCUT2D eigenvalue weighted by atomic mass is 10.1. The van der Waals surface area contributed by atoms with Crippen molar-refractivity contribution in [2.75, 3.05) is 0 Å². The fourth-order valence-corrected chi connectivity index (χ4v) is 1.32. The van der Waals surface area contributed by atoms with Crippen LogP contribution >= 0.6 is 0 Å². The lowest BCUT2D eigenvalue weighted by Gasteiger charge is -2.03. The van der Waals surface area contributed by atoms with E-state index < -0.39 is 6.04 Å². The van der Waals surface area contributed by atoms with E-state index in [1.54, 1.807) is 6.07 Å². The van der Waals surface area contributed by atoms with E-state index in [0.29, 0.717) is 5.69 Å². The van der Waals surface area contributed by atoms with Gasteiger partial charge in [-0.05, 0) is 12.1 Å². The molecule has 0 aliphatic carbocycles. The molecule has 0 fully saturated rings. The van der Waals surface area contributed by atoms with Gasteiger partial charge in [0.2, 0.25) is 0 Å². The number of hydrogen-bond donors (Lipinski definition) is 1. The molecule has 1 aromatic carbocycles. The molecule has 1 atom stereocenters. The van der Waals surface area contributed by atoms with E-state index >= 15 is 0 Å². The third kappa shape index (κ3) is 1.43. The van der Waals surface area contributed by atoms with Gasteiger partial charge in [0, 0.05) is 5.39 Å². The van der Waals surface area contributed by atoms with Crippen molar-refractivity contribution in [2.45, 2.75) is 6.04 Å². The van der Waals surface area contributed by atoms with Gasteiger partial charge in [-0.15, -0.1) is 0 Å². The summed E-state index contributed by atoms with van der Waals surface area (Å²) in [4.78, 5) is 4.30. The van der Waals surface area contributed by atoms with E-state index in [4.69, 9.17) is 11.0 Å². The molecule has 1 heterocycles. The summed E-state index contributed by atoms with van der Waals surface area (Å²) in [7, 11) is 0. The first-order chi connectivity index (χ1) is 6.81. The second-order valence-corrected chi connectivity index (χ2v) is 3.04. The van der Waals surface area contributed by atoms with Crippen LogP contribution in [-0.2, 0) is 0 Å². The summed E-state index contributed by atoms with van der Waals surface area (Å²) in [5.74, 6) is 0. The minimum absolute atomic E-state index is 0.617. The molecule has 3 nitrogen and oxygen atoms in total. The van der Waals surface area contributed by atoms with Gasteiger partial charge in [0.1, 0.15) is 6.04 Å². The fourth-order valence-electron chi connectivity index (χ4n) is 1.32. The second kappa shape index (κ2) is 3.44. The van der Waals surface area contributed by atoms with Crippen LogP contribution in [0.1, 0.15) is 11.7 Å². The molecule has 0 aliphatic heterocycles. The lowest BCUT2D eigenvalue weighted by molar-refractivity contribution is 0.884. The Labute approximate surface area is 81.8 Å². The van der Waals surface area contributed by atoms with Gasteiger partial charge in [0.25, 0.3) is 0 Å². The number of para-hydroxylation sites is 1. The highest BCUT2D eigenvalue weighted by Crippen LogP contribution is 2.14. The maximum Gasteiger partial charge on any atom is 0.136 e. The van der Waals surface area contributed by atoms with Crippen LogP contribution in [0.5, 0.6) is 0 Å². The molecule has 14 heavy (non-hydrogen) atoms. The molecule has 2 aromatic rings. The summed E-state index contributed by atoms with van der Waals surface area (Å²) < 4.78 is 0. The van der Waals surface area contributed by atoms with Crippen LogP contribution in [0.4, 0.5) is 0 Å². The van der Waals surface area contributed by atoms with E-state index in [-0.39, 0.29) is 0 Å². The first-order valence-electron chi connectivity index (χ1n) is 4.32. The maximum atomic E-state index is 8.65. The summed E-state index contributed by atoms with van der Waals surface area (Å²) in [6.07, 6.45) is 0. The van der Waals surface area contributed by atoms with Crippen LogP contribution in [0.25, 0.3) is 10.9 Å². The highest BCUT2D eigenvalue weighted by molar-refractivity contribution is 5.78. The lowest BCUT2D eigenvalue weighted by Crippen LogP contribution is -2.08. The molecule has 0 spiro atoms. The van der Waals surface area contributed by atoms with Crippen LogP contribution in [-0.4, -0.2) is 4.98 Å². The van der Waals surface area contributed by atoms with Gasteiger partial charge in [0.15, 0.2) is 0 Å². The van der Waals surface area contributed by atoms with Crippen molar-refractivity contribution in [3.8, 4) is 6.07 Å². The Bertz CT molecular complexity index is 499. The van der Waals surface area contributed by atoms with Crippen molar-refractivity contribution < 1.29 is 0 Å². The molecule has 0 amide bonds. The van der Waals surface area contributed by atoms with E-state index in [9.17, 15) is 0 Å². The summed E-state index contributed by atoms with van der Waals surface area (Å²) in [5, 5.41) is 9.70. The summed E-state index contributed by atoms with van der Waals surface area (Å²) in [6.45, 7) is 0. The molecule has 2 N–H and O–H groups in total. The van der Waals surface area contributed by atoms with E-state index in [1.165, 1.54) is 0 Å².